The van der Waals surface area contributed by atoms with Gasteiger partial charge in [-0.3, -0.25) is 4.79 Å². The maximum atomic E-state index is 13.8. The number of nitriles is 1. The van der Waals surface area contributed by atoms with Gasteiger partial charge in [-0.1, -0.05) is 12.1 Å². The lowest BCUT2D eigenvalue weighted by Gasteiger charge is -2.23. The molecule has 2 rings (SSSR count). The zero-order chi connectivity index (χ0) is 13.0. The van der Waals surface area contributed by atoms with Crippen LogP contribution in [0.3, 0.4) is 0 Å². The standard InChI is InChI=1S/C13H14FN3O/c14-12-9(7-15)3-1-4-10(12)8-17-11-5-2-6-16-13(11)18/h1,3-4,11,17H,2,5-6,8H2,(H,16,18). The number of benzene rings is 1. The zero-order valence-corrected chi connectivity index (χ0v) is 9.87. The van der Waals surface area contributed by atoms with Crippen molar-refractivity contribution in [2.45, 2.75) is 25.4 Å². The van der Waals surface area contributed by atoms with Gasteiger partial charge >= 0.3 is 0 Å². The minimum Gasteiger partial charge on any atom is -0.355 e. The molecule has 1 atom stereocenters. The molecule has 0 spiro atoms. The van der Waals surface area contributed by atoms with Crippen molar-refractivity contribution in [2.75, 3.05) is 6.54 Å². The molecule has 1 aromatic rings. The normalized spacial score (nSPS) is 19.1. The topological polar surface area (TPSA) is 64.9 Å². The summed E-state index contributed by atoms with van der Waals surface area (Å²) in [7, 11) is 0. The quantitative estimate of drug-likeness (QED) is 0.839. The molecule has 18 heavy (non-hydrogen) atoms. The van der Waals surface area contributed by atoms with E-state index in [4.69, 9.17) is 5.26 Å². The van der Waals surface area contributed by atoms with E-state index in [1.165, 1.54) is 6.07 Å². The molecule has 1 fully saturated rings. The van der Waals surface area contributed by atoms with Gasteiger partial charge in [0.05, 0.1) is 11.6 Å². The van der Waals surface area contributed by atoms with Crippen LogP contribution in [0.5, 0.6) is 0 Å². The maximum absolute atomic E-state index is 13.8. The molecule has 94 valence electrons. The highest BCUT2D eigenvalue weighted by Gasteiger charge is 2.21. The van der Waals surface area contributed by atoms with E-state index >= 15 is 0 Å². The Bertz CT molecular complexity index is 495. The molecular weight excluding hydrogens is 233 g/mol. The second-order valence-electron chi connectivity index (χ2n) is 4.26. The highest BCUT2D eigenvalue weighted by molar-refractivity contribution is 5.82. The predicted octanol–water partition coefficient (Wildman–Crippen LogP) is 1.07. The Morgan fingerprint density at radius 2 is 2.39 bits per heavy atom. The molecule has 1 aliphatic heterocycles. The molecule has 1 heterocycles. The molecule has 2 N–H and O–H groups in total. The molecular formula is C13H14FN3O. The molecule has 4 nitrogen and oxygen atoms in total. The van der Waals surface area contributed by atoms with Crippen LogP contribution in [0.15, 0.2) is 18.2 Å². The van der Waals surface area contributed by atoms with E-state index in [9.17, 15) is 9.18 Å². The number of halogens is 1. The number of nitrogens with one attached hydrogen (secondary N) is 2. The Labute approximate surface area is 105 Å². The molecule has 1 aliphatic rings. The van der Waals surface area contributed by atoms with Crippen molar-refractivity contribution in [1.82, 2.24) is 10.6 Å². The summed E-state index contributed by atoms with van der Waals surface area (Å²) in [4.78, 5) is 11.5. The first-order chi connectivity index (χ1) is 8.72. The monoisotopic (exact) mass is 247 g/mol. The molecule has 1 aromatic carbocycles. The van der Waals surface area contributed by atoms with E-state index in [1.807, 2.05) is 0 Å². The molecule has 1 amide bonds. The van der Waals surface area contributed by atoms with Gasteiger partial charge in [0.25, 0.3) is 0 Å². The lowest BCUT2D eigenvalue weighted by molar-refractivity contribution is -0.124. The molecule has 5 heteroatoms. The van der Waals surface area contributed by atoms with Crippen molar-refractivity contribution in [3.63, 3.8) is 0 Å². The number of carbonyl (C=O) groups excluding carboxylic acids is 1. The van der Waals surface area contributed by atoms with E-state index in [0.29, 0.717) is 12.1 Å². The van der Waals surface area contributed by atoms with E-state index in [1.54, 1.807) is 18.2 Å². The lowest BCUT2D eigenvalue weighted by atomic mass is 10.1. The van der Waals surface area contributed by atoms with E-state index < -0.39 is 5.82 Å². The second-order valence-corrected chi connectivity index (χ2v) is 4.26. The van der Waals surface area contributed by atoms with Crippen LogP contribution in [0.4, 0.5) is 4.39 Å². The summed E-state index contributed by atoms with van der Waals surface area (Å²) in [5.74, 6) is -0.554. The fourth-order valence-electron chi connectivity index (χ4n) is 2.00. The summed E-state index contributed by atoms with van der Waals surface area (Å²) in [5.41, 5.74) is 0.440. The Hall–Kier alpha value is -1.93. The Morgan fingerprint density at radius 3 is 3.11 bits per heavy atom. The highest BCUT2D eigenvalue weighted by Crippen LogP contribution is 2.13. The number of rotatable bonds is 3. The third-order valence-electron chi connectivity index (χ3n) is 3.02. The van der Waals surface area contributed by atoms with Gasteiger partial charge < -0.3 is 10.6 Å². The summed E-state index contributed by atoms with van der Waals surface area (Å²) in [6.07, 6.45) is 1.68. The van der Waals surface area contributed by atoms with Gasteiger partial charge in [-0.05, 0) is 18.9 Å². The van der Waals surface area contributed by atoms with Gasteiger partial charge in [-0.2, -0.15) is 5.26 Å². The van der Waals surface area contributed by atoms with Crippen molar-refractivity contribution in [3.8, 4) is 6.07 Å². The minimum atomic E-state index is -0.510. The fourth-order valence-corrected chi connectivity index (χ4v) is 2.00. The molecule has 1 saturated heterocycles. The van der Waals surface area contributed by atoms with Gasteiger partial charge in [0, 0.05) is 18.7 Å². The van der Waals surface area contributed by atoms with Crippen molar-refractivity contribution >= 4 is 5.91 Å². The summed E-state index contributed by atoms with van der Waals surface area (Å²) < 4.78 is 13.8. The van der Waals surface area contributed by atoms with E-state index in [-0.39, 0.29) is 24.1 Å². The SMILES string of the molecule is N#Cc1cccc(CNC2CCCNC2=O)c1F. The third kappa shape index (κ3) is 2.66. The van der Waals surface area contributed by atoms with Crippen molar-refractivity contribution < 1.29 is 9.18 Å². The summed E-state index contributed by atoms with van der Waals surface area (Å²) in [6.45, 7) is 0.953. The van der Waals surface area contributed by atoms with Gasteiger partial charge in [-0.15, -0.1) is 0 Å². The van der Waals surface area contributed by atoms with Crippen molar-refractivity contribution in [1.29, 1.82) is 5.26 Å². The molecule has 0 aliphatic carbocycles. The summed E-state index contributed by atoms with van der Waals surface area (Å²) in [5, 5.41) is 14.5. The van der Waals surface area contributed by atoms with Crippen LogP contribution >= 0.6 is 0 Å². The van der Waals surface area contributed by atoms with Gasteiger partial charge in [0.15, 0.2) is 0 Å². The number of nitrogens with zero attached hydrogens (tertiary/aromatic N) is 1. The molecule has 0 bridgehead atoms. The largest absolute Gasteiger partial charge is 0.355 e. The third-order valence-corrected chi connectivity index (χ3v) is 3.02. The van der Waals surface area contributed by atoms with Gasteiger partial charge in [-0.25, -0.2) is 4.39 Å². The van der Waals surface area contributed by atoms with Crippen molar-refractivity contribution in [2.24, 2.45) is 0 Å². The lowest BCUT2D eigenvalue weighted by Crippen LogP contribution is -2.48. The fraction of sp³-hybridized carbons (Fsp3) is 0.385. The first-order valence-corrected chi connectivity index (χ1v) is 5.91. The van der Waals surface area contributed by atoms with Crippen LogP contribution < -0.4 is 10.6 Å². The van der Waals surface area contributed by atoms with Crippen LogP contribution in [-0.2, 0) is 11.3 Å². The molecule has 1 unspecified atom stereocenters. The smallest absolute Gasteiger partial charge is 0.237 e. The number of hydrogen-bond donors (Lipinski definition) is 2. The number of piperidine rings is 1. The molecule has 0 aromatic heterocycles. The van der Waals surface area contributed by atoms with Crippen LogP contribution in [0.2, 0.25) is 0 Å². The maximum Gasteiger partial charge on any atom is 0.237 e. The molecule has 0 saturated carbocycles. The zero-order valence-electron chi connectivity index (χ0n) is 9.87. The van der Waals surface area contributed by atoms with Crippen LogP contribution in [0, 0.1) is 17.1 Å². The Kier molecular flexibility index (Phi) is 3.90. The second kappa shape index (κ2) is 5.61. The average molecular weight is 247 g/mol. The number of amides is 1. The predicted molar refractivity (Wildman–Crippen MR) is 64.0 cm³/mol. The Balaban J connectivity index is 2.02. The first-order valence-electron chi connectivity index (χ1n) is 5.91. The summed E-state index contributed by atoms with van der Waals surface area (Å²) in [6, 6.07) is 6.22. The summed E-state index contributed by atoms with van der Waals surface area (Å²) >= 11 is 0. The van der Waals surface area contributed by atoms with Gasteiger partial charge in [0.2, 0.25) is 5.91 Å². The van der Waals surface area contributed by atoms with Crippen molar-refractivity contribution in [3.05, 3.63) is 35.1 Å². The first kappa shape index (κ1) is 12.5. The molecule has 0 radical (unpaired) electrons. The van der Waals surface area contributed by atoms with E-state index in [0.717, 1.165) is 12.8 Å². The van der Waals surface area contributed by atoms with Crippen LogP contribution in [0.1, 0.15) is 24.0 Å². The number of hydrogen-bond acceptors (Lipinski definition) is 3. The van der Waals surface area contributed by atoms with Crippen LogP contribution in [0.25, 0.3) is 0 Å². The number of carbonyl (C=O) groups is 1. The van der Waals surface area contributed by atoms with Gasteiger partial charge in [0.1, 0.15) is 11.9 Å². The minimum absolute atomic E-state index is 0.0300. The van der Waals surface area contributed by atoms with E-state index in [2.05, 4.69) is 10.6 Å². The Morgan fingerprint density at radius 1 is 1.56 bits per heavy atom. The van der Waals surface area contributed by atoms with Crippen LogP contribution in [-0.4, -0.2) is 18.5 Å². The highest BCUT2D eigenvalue weighted by atomic mass is 19.1. The average Bonchev–Trinajstić information content (AvgIpc) is 2.39.